The summed E-state index contributed by atoms with van der Waals surface area (Å²) in [5.41, 5.74) is 1.20. The van der Waals surface area contributed by atoms with Crippen molar-refractivity contribution in [2.75, 3.05) is 0 Å². The molecule has 0 aromatic heterocycles. The first-order valence-corrected chi connectivity index (χ1v) is 7.16. The summed E-state index contributed by atoms with van der Waals surface area (Å²) in [6, 6.07) is 10.4. The summed E-state index contributed by atoms with van der Waals surface area (Å²) < 4.78 is 0. The molecule has 3 atom stereocenters. The van der Waals surface area contributed by atoms with E-state index in [-0.39, 0.29) is 24.0 Å². The number of nitrogens with one attached hydrogen (secondary N) is 2. The fraction of sp³-hybridized carbons (Fsp3) is 0.562. The lowest BCUT2D eigenvalue weighted by Crippen LogP contribution is -2.46. The summed E-state index contributed by atoms with van der Waals surface area (Å²) in [7, 11) is 0. The highest BCUT2D eigenvalue weighted by Gasteiger charge is 2.17. The average Bonchev–Trinajstić information content (AvgIpc) is 2.39. The SMILES string of the molecule is CCCC(C)NC(=O)C(C)NC(C)c1ccccc1. The van der Waals surface area contributed by atoms with Gasteiger partial charge in [0.2, 0.25) is 5.91 Å². The van der Waals surface area contributed by atoms with Crippen molar-refractivity contribution in [1.82, 2.24) is 10.6 Å². The van der Waals surface area contributed by atoms with Crippen molar-refractivity contribution in [3.63, 3.8) is 0 Å². The summed E-state index contributed by atoms with van der Waals surface area (Å²) in [6.07, 6.45) is 2.11. The molecule has 0 radical (unpaired) electrons. The zero-order valence-corrected chi connectivity index (χ0v) is 12.4. The van der Waals surface area contributed by atoms with Gasteiger partial charge in [-0.15, -0.1) is 0 Å². The minimum absolute atomic E-state index is 0.0729. The Morgan fingerprint density at radius 2 is 1.79 bits per heavy atom. The Morgan fingerprint density at radius 3 is 2.37 bits per heavy atom. The molecule has 3 heteroatoms. The lowest BCUT2D eigenvalue weighted by Gasteiger charge is -2.22. The van der Waals surface area contributed by atoms with Gasteiger partial charge in [0, 0.05) is 12.1 Å². The van der Waals surface area contributed by atoms with Crippen LogP contribution in [0.15, 0.2) is 30.3 Å². The number of carbonyl (C=O) groups is 1. The molecule has 1 aromatic carbocycles. The van der Waals surface area contributed by atoms with Crippen LogP contribution in [0.1, 0.15) is 52.1 Å². The maximum Gasteiger partial charge on any atom is 0.237 e. The predicted molar refractivity (Wildman–Crippen MR) is 80.0 cm³/mol. The number of hydrogen-bond donors (Lipinski definition) is 2. The largest absolute Gasteiger partial charge is 0.352 e. The predicted octanol–water partition coefficient (Wildman–Crippen LogP) is 3.03. The van der Waals surface area contributed by atoms with E-state index in [2.05, 4.69) is 43.5 Å². The van der Waals surface area contributed by atoms with E-state index in [1.54, 1.807) is 0 Å². The van der Waals surface area contributed by atoms with E-state index in [0.29, 0.717) is 0 Å². The average molecular weight is 262 g/mol. The van der Waals surface area contributed by atoms with Crippen molar-refractivity contribution in [2.45, 2.75) is 58.7 Å². The second kappa shape index (κ2) is 7.95. The van der Waals surface area contributed by atoms with Crippen LogP contribution < -0.4 is 10.6 Å². The smallest absolute Gasteiger partial charge is 0.237 e. The molecule has 0 spiro atoms. The number of benzene rings is 1. The van der Waals surface area contributed by atoms with Crippen LogP contribution in [-0.4, -0.2) is 18.0 Å². The molecule has 0 saturated carbocycles. The Kier molecular flexibility index (Phi) is 6.57. The Balaban J connectivity index is 2.45. The first-order chi connectivity index (χ1) is 9.04. The third-order valence-electron chi connectivity index (χ3n) is 3.30. The Morgan fingerprint density at radius 1 is 1.16 bits per heavy atom. The van der Waals surface area contributed by atoms with Crippen molar-refractivity contribution in [2.24, 2.45) is 0 Å². The number of carbonyl (C=O) groups excluding carboxylic acids is 1. The fourth-order valence-corrected chi connectivity index (χ4v) is 2.16. The maximum absolute atomic E-state index is 12.0. The first kappa shape index (κ1) is 15.7. The molecule has 0 heterocycles. The highest BCUT2D eigenvalue weighted by atomic mass is 16.2. The van der Waals surface area contributed by atoms with Gasteiger partial charge in [0.25, 0.3) is 0 Å². The summed E-state index contributed by atoms with van der Waals surface area (Å²) in [4.78, 5) is 12.0. The van der Waals surface area contributed by atoms with E-state index in [9.17, 15) is 4.79 Å². The molecule has 19 heavy (non-hydrogen) atoms. The molecular weight excluding hydrogens is 236 g/mol. The number of amides is 1. The number of hydrogen-bond acceptors (Lipinski definition) is 2. The summed E-state index contributed by atoms with van der Waals surface area (Å²) in [5.74, 6) is 0.0729. The zero-order chi connectivity index (χ0) is 14.3. The van der Waals surface area contributed by atoms with Gasteiger partial charge < -0.3 is 5.32 Å². The topological polar surface area (TPSA) is 41.1 Å². The van der Waals surface area contributed by atoms with E-state index >= 15 is 0 Å². The maximum atomic E-state index is 12.0. The highest BCUT2D eigenvalue weighted by Crippen LogP contribution is 2.12. The van der Waals surface area contributed by atoms with Gasteiger partial charge in [-0.3, -0.25) is 10.1 Å². The van der Waals surface area contributed by atoms with Gasteiger partial charge in [-0.05, 0) is 32.8 Å². The van der Waals surface area contributed by atoms with Gasteiger partial charge in [-0.1, -0.05) is 43.7 Å². The van der Waals surface area contributed by atoms with Gasteiger partial charge in [0.15, 0.2) is 0 Å². The summed E-state index contributed by atoms with van der Waals surface area (Å²) in [5, 5.41) is 6.37. The number of rotatable bonds is 7. The molecule has 0 aliphatic rings. The van der Waals surface area contributed by atoms with Crippen molar-refractivity contribution in [3.05, 3.63) is 35.9 Å². The molecule has 1 aromatic rings. The first-order valence-electron chi connectivity index (χ1n) is 7.16. The van der Waals surface area contributed by atoms with Crippen LogP contribution in [0.4, 0.5) is 0 Å². The van der Waals surface area contributed by atoms with Gasteiger partial charge in [-0.25, -0.2) is 0 Å². The molecular formula is C16H26N2O. The Bertz CT molecular complexity index is 378. The van der Waals surface area contributed by atoms with Crippen LogP contribution in [0.3, 0.4) is 0 Å². The molecule has 2 N–H and O–H groups in total. The van der Waals surface area contributed by atoms with Crippen LogP contribution in [-0.2, 0) is 4.79 Å². The highest BCUT2D eigenvalue weighted by molar-refractivity contribution is 5.81. The molecule has 0 saturated heterocycles. The third-order valence-corrected chi connectivity index (χ3v) is 3.30. The van der Waals surface area contributed by atoms with Gasteiger partial charge in [0.05, 0.1) is 6.04 Å². The zero-order valence-electron chi connectivity index (χ0n) is 12.4. The molecule has 0 aliphatic carbocycles. The van der Waals surface area contributed by atoms with Gasteiger partial charge in [-0.2, -0.15) is 0 Å². The van der Waals surface area contributed by atoms with Crippen molar-refractivity contribution >= 4 is 5.91 Å². The van der Waals surface area contributed by atoms with E-state index in [1.807, 2.05) is 25.1 Å². The van der Waals surface area contributed by atoms with Crippen molar-refractivity contribution in [1.29, 1.82) is 0 Å². The van der Waals surface area contributed by atoms with Crippen LogP contribution in [0.2, 0.25) is 0 Å². The van der Waals surface area contributed by atoms with Gasteiger partial charge >= 0.3 is 0 Å². The van der Waals surface area contributed by atoms with E-state index in [0.717, 1.165) is 12.8 Å². The third kappa shape index (κ3) is 5.43. The van der Waals surface area contributed by atoms with Crippen molar-refractivity contribution < 1.29 is 4.79 Å². The lowest BCUT2D eigenvalue weighted by atomic mass is 10.1. The van der Waals surface area contributed by atoms with Crippen LogP contribution in [0.25, 0.3) is 0 Å². The lowest BCUT2D eigenvalue weighted by molar-refractivity contribution is -0.123. The molecule has 0 fully saturated rings. The van der Waals surface area contributed by atoms with Crippen LogP contribution in [0, 0.1) is 0 Å². The molecule has 3 nitrogen and oxygen atoms in total. The molecule has 3 unspecified atom stereocenters. The minimum Gasteiger partial charge on any atom is -0.352 e. The fourth-order valence-electron chi connectivity index (χ4n) is 2.16. The molecule has 0 aliphatic heterocycles. The van der Waals surface area contributed by atoms with Gasteiger partial charge in [0.1, 0.15) is 0 Å². The Labute approximate surface area is 116 Å². The van der Waals surface area contributed by atoms with Crippen LogP contribution >= 0.6 is 0 Å². The molecule has 1 amide bonds. The second-order valence-electron chi connectivity index (χ2n) is 5.22. The molecule has 0 bridgehead atoms. The molecule has 106 valence electrons. The van der Waals surface area contributed by atoms with E-state index in [4.69, 9.17) is 0 Å². The second-order valence-corrected chi connectivity index (χ2v) is 5.22. The van der Waals surface area contributed by atoms with E-state index in [1.165, 1.54) is 5.56 Å². The Hall–Kier alpha value is -1.35. The quantitative estimate of drug-likeness (QED) is 0.793. The van der Waals surface area contributed by atoms with Crippen LogP contribution in [0.5, 0.6) is 0 Å². The normalized spacial score (nSPS) is 15.6. The summed E-state index contributed by atoms with van der Waals surface area (Å²) >= 11 is 0. The monoisotopic (exact) mass is 262 g/mol. The van der Waals surface area contributed by atoms with E-state index < -0.39 is 0 Å². The van der Waals surface area contributed by atoms with Crippen molar-refractivity contribution in [3.8, 4) is 0 Å². The molecule has 1 rings (SSSR count). The summed E-state index contributed by atoms with van der Waals surface area (Å²) in [6.45, 7) is 8.17. The minimum atomic E-state index is -0.186. The standard InChI is InChI=1S/C16H26N2O/c1-5-9-12(2)17-16(19)14(4)18-13(3)15-10-7-6-8-11-15/h6-8,10-14,18H,5,9H2,1-4H3,(H,17,19).